The molecule has 0 saturated heterocycles. The number of aromatic nitrogens is 3. The van der Waals surface area contributed by atoms with E-state index in [1.165, 1.54) is 24.3 Å². The SMILES string of the molecule is CNS(=O)(=O)c1nc(-c2cc(C(=O)O)ccc2C)c2ccc(=O)n(-c3c(F)cccc3F)c2n1. The van der Waals surface area contributed by atoms with E-state index in [2.05, 4.69) is 14.7 Å². The average Bonchev–Trinajstić information content (AvgIpc) is 2.79. The van der Waals surface area contributed by atoms with Gasteiger partial charge in [0.2, 0.25) is 0 Å². The van der Waals surface area contributed by atoms with Crippen LogP contribution in [-0.2, 0) is 10.0 Å². The number of nitrogens with one attached hydrogen (secondary N) is 1. The lowest BCUT2D eigenvalue weighted by Crippen LogP contribution is -2.25. The van der Waals surface area contributed by atoms with Crippen molar-refractivity contribution in [2.24, 2.45) is 0 Å². The highest BCUT2D eigenvalue weighted by Gasteiger charge is 2.24. The van der Waals surface area contributed by atoms with Crippen molar-refractivity contribution in [3.8, 4) is 16.9 Å². The first-order chi connectivity index (χ1) is 16.0. The Bertz CT molecular complexity index is 1630. The highest BCUT2D eigenvalue weighted by Crippen LogP contribution is 2.31. The zero-order chi connectivity index (χ0) is 24.8. The Hall–Kier alpha value is -4.03. The molecule has 2 heterocycles. The van der Waals surface area contributed by atoms with Crippen LogP contribution >= 0.6 is 0 Å². The fourth-order valence-electron chi connectivity index (χ4n) is 3.44. The first-order valence-electron chi connectivity index (χ1n) is 9.71. The summed E-state index contributed by atoms with van der Waals surface area (Å²) in [5.41, 5.74) is -1.36. The van der Waals surface area contributed by atoms with Gasteiger partial charge in [-0.05, 0) is 49.9 Å². The highest BCUT2D eigenvalue weighted by atomic mass is 32.2. The molecule has 0 amide bonds. The number of aryl methyl sites for hydroxylation is 1. The lowest BCUT2D eigenvalue weighted by molar-refractivity contribution is 0.0697. The number of carbonyl (C=O) groups is 1. The molecule has 0 radical (unpaired) electrons. The van der Waals surface area contributed by atoms with E-state index in [9.17, 15) is 31.9 Å². The number of carboxylic acid groups (broad SMARTS) is 1. The third kappa shape index (κ3) is 3.82. The minimum atomic E-state index is -4.28. The van der Waals surface area contributed by atoms with Gasteiger partial charge in [0.15, 0.2) is 5.65 Å². The lowest BCUT2D eigenvalue weighted by atomic mass is 10.00. The van der Waals surface area contributed by atoms with Crippen LogP contribution in [0.5, 0.6) is 0 Å². The van der Waals surface area contributed by atoms with Gasteiger partial charge in [0, 0.05) is 17.0 Å². The van der Waals surface area contributed by atoms with E-state index < -0.39 is 44.0 Å². The Morgan fingerprint density at radius 2 is 1.74 bits per heavy atom. The van der Waals surface area contributed by atoms with Crippen molar-refractivity contribution >= 4 is 27.0 Å². The third-order valence-corrected chi connectivity index (χ3v) is 6.34. The molecule has 0 atom stereocenters. The standard InChI is InChI=1S/C22H16F2N4O5S/c1-11-6-7-12(21(30)31)10-14(11)18-13-8-9-17(29)28(19-15(23)4-3-5-16(19)24)20(13)27-22(26-18)34(32,33)25-2/h3-10,25H,1-2H3,(H,30,31). The number of hydrogen-bond acceptors (Lipinski definition) is 6. The van der Waals surface area contributed by atoms with Gasteiger partial charge >= 0.3 is 5.97 Å². The molecule has 0 bridgehead atoms. The number of halogens is 2. The molecule has 9 nitrogen and oxygen atoms in total. The van der Waals surface area contributed by atoms with Crippen LogP contribution in [0.2, 0.25) is 0 Å². The first-order valence-corrected chi connectivity index (χ1v) is 11.2. The van der Waals surface area contributed by atoms with Gasteiger partial charge in [-0.1, -0.05) is 12.1 Å². The summed E-state index contributed by atoms with van der Waals surface area (Å²) in [6, 6.07) is 9.46. The summed E-state index contributed by atoms with van der Waals surface area (Å²) in [4.78, 5) is 32.4. The van der Waals surface area contributed by atoms with Crippen LogP contribution in [0.1, 0.15) is 15.9 Å². The Kier molecular flexibility index (Phi) is 5.71. The van der Waals surface area contributed by atoms with E-state index in [4.69, 9.17) is 0 Å². The highest BCUT2D eigenvalue weighted by molar-refractivity contribution is 7.89. The van der Waals surface area contributed by atoms with E-state index in [0.717, 1.165) is 31.3 Å². The molecular weight excluding hydrogens is 470 g/mol. The van der Waals surface area contributed by atoms with Crippen LogP contribution in [0.15, 0.2) is 58.5 Å². The third-order valence-electron chi connectivity index (χ3n) is 5.14. The first kappa shape index (κ1) is 23.1. The van der Waals surface area contributed by atoms with Crippen LogP contribution < -0.4 is 10.3 Å². The molecular formula is C22H16F2N4O5S. The van der Waals surface area contributed by atoms with Gasteiger partial charge < -0.3 is 5.11 Å². The van der Waals surface area contributed by atoms with E-state index in [1.54, 1.807) is 6.92 Å². The number of fused-ring (bicyclic) bond motifs is 1. The fraction of sp³-hybridized carbons (Fsp3) is 0.0909. The molecule has 0 saturated carbocycles. The lowest BCUT2D eigenvalue weighted by Gasteiger charge is -2.15. The maximum absolute atomic E-state index is 14.6. The molecule has 0 aliphatic carbocycles. The van der Waals surface area contributed by atoms with Gasteiger partial charge in [0.25, 0.3) is 20.7 Å². The van der Waals surface area contributed by atoms with E-state index in [0.29, 0.717) is 10.1 Å². The van der Waals surface area contributed by atoms with Crippen molar-refractivity contribution in [2.45, 2.75) is 12.1 Å². The second-order valence-corrected chi connectivity index (χ2v) is 8.99. The molecule has 34 heavy (non-hydrogen) atoms. The average molecular weight is 486 g/mol. The van der Waals surface area contributed by atoms with Crippen LogP contribution in [0, 0.1) is 18.6 Å². The monoisotopic (exact) mass is 486 g/mol. The summed E-state index contributed by atoms with van der Waals surface area (Å²) in [6.07, 6.45) is 0. The van der Waals surface area contributed by atoms with Crippen molar-refractivity contribution in [3.05, 3.63) is 81.6 Å². The molecule has 12 heteroatoms. The van der Waals surface area contributed by atoms with Crippen molar-refractivity contribution in [1.29, 1.82) is 0 Å². The molecule has 174 valence electrons. The van der Waals surface area contributed by atoms with Crippen molar-refractivity contribution in [1.82, 2.24) is 19.3 Å². The van der Waals surface area contributed by atoms with E-state index in [-0.39, 0.29) is 27.9 Å². The maximum Gasteiger partial charge on any atom is 0.335 e. The van der Waals surface area contributed by atoms with Crippen molar-refractivity contribution in [2.75, 3.05) is 7.05 Å². The summed E-state index contributed by atoms with van der Waals surface area (Å²) in [5, 5.41) is 8.71. The molecule has 0 spiro atoms. The van der Waals surface area contributed by atoms with Crippen LogP contribution in [-0.4, -0.2) is 41.1 Å². The predicted octanol–water partition coefficient (Wildman–Crippen LogP) is 2.64. The minimum absolute atomic E-state index is 0.0371. The number of hydrogen-bond donors (Lipinski definition) is 2. The number of rotatable bonds is 5. The van der Waals surface area contributed by atoms with Crippen molar-refractivity contribution in [3.63, 3.8) is 0 Å². The molecule has 0 aliphatic heterocycles. The van der Waals surface area contributed by atoms with Crippen molar-refractivity contribution < 1.29 is 27.1 Å². The summed E-state index contributed by atoms with van der Waals surface area (Å²) in [7, 11) is -3.16. The minimum Gasteiger partial charge on any atom is -0.478 e. The molecule has 2 N–H and O–H groups in total. The molecule has 4 aromatic rings. The second-order valence-electron chi connectivity index (χ2n) is 7.21. The van der Waals surface area contributed by atoms with Crippen LogP contribution in [0.25, 0.3) is 28.0 Å². The van der Waals surface area contributed by atoms with Crippen LogP contribution in [0.3, 0.4) is 0 Å². The quantitative estimate of drug-likeness (QED) is 0.415. The number of pyridine rings is 1. The van der Waals surface area contributed by atoms with Gasteiger partial charge in [-0.2, -0.15) is 4.98 Å². The molecule has 0 fully saturated rings. The topological polar surface area (TPSA) is 131 Å². The molecule has 0 aliphatic rings. The molecule has 4 rings (SSSR count). The Labute approximate surface area is 191 Å². The number of carboxylic acids is 1. The van der Waals surface area contributed by atoms with Gasteiger partial charge in [-0.3, -0.25) is 9.36 Å². The number of benzene rings is 2. The normalized spacial score (nSPS) is 11.6. The molecule has 2 aromatic carbocycles. The molecule has 2 aromatic heterocycles. The zero-order valence-corrected chi connectivity index (χ0v) is 18.5. The Balaban J connectivity index is 2.23. The van der Waals surface area contributed by atoms with Gasteiger partial charge in [-0.25, -0.2) is 31.7 Å². The molecule has 0 unspecified atom stereocenters. The Morgan fingerprint density at radius 3 is 2.35 bits per heavy atom. The summed E-state index contributed by atoms with van der Waals surface area (Å²) < 4.78 is 57.1. The fourth-order valence-corrected chi connectivity index (χ4v) is 4.04. The van der Waals surface area contributed by atoms with E-state index >= 15 is 0 Å². The summed E-state index contributed by atoms with van der Waals surface area (Å²) in [5.74, 6) is -3.37. The number of aromatic carboxylic acids is 1. The number of sulfonamides is 1. The second kappa shape index (κ2) is 8.39. The Morgan fingerprint density at radius 1 is 1.06 bits per heavy atom. The van der Waals surface area contributed by atoms with Gasteiger partial charge in [-0.15, -0.1) is 0 Å². The maximum atomic E-state index is 14.6. The zero-order valence-electron chi connectivity index (χ0n) is 17.7. The van der Waals surface area contributed by atoms with Gasteiger partial charge in [0.1, 0.15) is 17.3 Å². The van der Waals surface area contributed by atoms with Crippen LogP contribution in [0.4, 0.5) is 8.78 Å². The number of para-hydroxylation sites is 1. The summed E-state index contributed by atoms with van der Waals surface area (Å²) >= 11 is 0. The number of nitrogens with zero attached hydrogens (tertiary/aromatic N) is 3. The van der Waals surface area contributed by atoms with E-state index in [1.807, 2.05) is 0 Å². The summed E-state index contributed by atoms with van der Waals surface area (Å²) in [6.45, 7) is 1.65. The van der Waals surface area contributed by atoms with Gasteiger partial charge in [0.05, 0.1) is 11.3 Å². The smallest absolute Gasteiger partial charge is 0.335 e. The largest absolute Gasteiger partial charge is 0.478 e. The predicted molar refractivity (Wildman–Crippen MR) is 118 cm³/mol.